The van der Waals surface area contributed by atoms with Gasteiger partial charge in [0.1, 0.15) is 6.04 Å². The maximum atomic E-state index is 14.5. The van der Waals surface area contributed by atoms with Gasteiger partial charge in [0.05, 0.1) is 29.8 Å². The van der Waals surface area contributed by atoms with Gasteiger partial charge in [0.2, 0.25) is 17.7 Å². The molecule has 0 aliphatic carbocycles. The van der Waals surface area contributed by atoms with E-state index in [2.05, 4.69) is 25.0 Å². The van der Waals surface area contributed by atoms with Gasteiger partial charge in [-0.1, -0.05) is 25.0 Å². The van der Waals surface area contributed by atoms with Crippen LogP contribution in [0.25, 0.3) is 0 Å². The highest BCUT2D eigenvalue weighted by Gasteiger charge is 2.77. The summed E-state index contributed by atoms with van der Waals surface area (Å²) in [5.74, 6) is -1.06. The summed E-state index contributed by atoms with van der Waals surface area (Å²) in [6.07, 6.45) is 8.30. The van der Waals surface area contributed by atoms with Crippen molar-refractivity contribution in [2.24, 2.45) is 11.8 Å². The second-order valence-electron chi connectivity index (χ2n) is 11.9. The van der Waals surface area contributed by atoms with Crippen LogP contribution in [0.3, 0.4) is 0 Å². The van der Waals surface area contributed by atoms with Crippen LogP contribution < -0.4 is 0 Å². The largest absolute Gasteiger partial charge is 0.396 e. The lowest BCUT2D eigenvalue weighted by molar-refractivity contribution is -0.145. The molecule has 224 valence electrons. The predicted molar refractivity (Wildman–Crippen MR) is 158 cm³/mol. The smallest absolute Gasteiger partial charge is 0.247 e. The van der Waals surface area contributed by atoms with Crippen molar-refractivity contribution in [3.05, 3.63) is 25.3 Å². The Kier molecular flexibility index (Phi) is 10.4. The maximum absolute atomic E-state index is 14.5. The first-order valence-electron chi connectivity index (χ1n) is 14.9. The highest BCUT2D eigenvalue weighted by Crippen LogP contribution is 2.71. The highest BCUT2D eigenvalue weighted by molar-refractivity contribution is 8.02. The standard InChI is InChI=1S/C30H48N4O5S/c1-5-13-31(4)26(36)23-24-27(37)34(15-9-7-8-10-20-35)25(30(24)12-11-29(23,3)40-30)28(38)33(14-6-2)17-16-32-18-21-39-22-19-32/h5-6,23-25,35H,1-2,7-22H2,3-4H3/t23-,24-,25?,29+,30?/m0/s1. The zero-order chi connectivity index (χ0) is 28.9. The molecule has 40 heavy (non-hydrogen) atoms. The minimum atomic E-state index is -0.609. The van der Waals surface area contributed by atoms with Crippen molar-refractivity contribution in [3.8, 4) is 0 Å². The highest BCUT2D eigenvalue weighted by atomic mass is 32.2. The Hall–Kier alpha value is -1.88. The second-order valence-corrected chi connectivity index (χ2v) is 13.8. The van der Waals surface area contributed by atoms with E-state index in [4.69, 9.17) is 4.74 Å². The molecule has 1 N–H and O–H groups in total. The zero-order valence-corrected chi connectivity index (χ0v) is 25.2. The Morgan fingerprint density at radius 3 is 2.45 bits per heavy atom. The van der Waals surface area contributed by atoms with Crippen molar-refractivity contribution in [1.29, 1.82) is 0 Å². The number of rotatable bonds is 15. The lowest BCUT2D eigenvalue weighted by atomic mass is 9.66. The number of fused-ring (bicyclic) bond motifs is 1. The number of hydrogen-bond acceptors (Lipinski definition) is 7. The molecule has 3 amide bonds. The van der Waals surface area contributed by atoms with E-state index in [0.29, 0.717) is 39.4 Å². The van der Waals surface area contributed by atoms with Gasteiger partial charge in [-0.3, -0.25) is 19.3 Å². The molecule has 10 heteroatoms. The molecule has 4 fully saturated rings. The Balaban J connectivity index is 1.63. The molecule has 4 aliphatic heterocycles. The molecular weight excluding hydrogens is 528 g/mol. The summed E-state index contributed by atoms with van der Waals surface area (Å²) in [4.78, 5) is 50.3. The van der Waals surface area contributed by atoms with Crippen molar-refractivity contribution in [2.45, 2.75) is 61.0 Å². The van der Waals surface area contributed by atoms with Crippen LogP contribution in [-0.2, 0) is 19.1 Å². The molecule has 1 spiro atoms. The van der Waals surface area contributed by atoms with E-state index in [1.54, 1.807) is 35.9 Å². The number of likely N-dealkylation sites (N-methyl/N-ethyl adjacent to an activating group) is 1. The molecule has 0 aromatic carbocycles. The monoisotopic (exact) mass is 576 g/mol. The lowest BCUT2D eigenvalue weighted by Crippen LogP contribution is -2.56. The topological polar surface area (TPSA) is 93.6 Å². The third-order valence-corrected chi connectivity index (χ3v) is 11.3. The van der Waals surface area contributed by atoms with Crippen LogP contribution >= 0.6 is 11.8 Å². The third kappa shape index (κ3) is 5.87. The molecule has 0 saturated carbocycles. The van der Waals surface area contributed by atoms with Crippen molar-refractivity contribution < 1.29 is 24.2 Å². The number of morpholine rings is 1. The normalized spacial score (nSPS) is 31.3. The number of unbranched alkanes of at least 4 members (excludes halogenated alkanes) is 3. The van der Waals surface area contributed by atoms with Crippen molar-refractivity contribution in [2.75, 3.05) is 72.7 Å². The molecule has 2 bridgehead atoms. The molecule has 4 heterocycles. The van der Waals surface area contributed by atoms with Crippen LogP contribution in [-0.4, -0.2) is 131 Å². The SMILES string of the molecule is C=CCN(C)C(=O)[C@@H]1[C@H]2C(=O)N(CCCCCCO)C(C(=O)N(CC=C)CCN3CCOCC3)C23CC[C@@]1(C)S3. The van der Waals surface area contributed by atoms with E-state index in [9.17, 15) is 19.5 Å². The maximum Gasteiger partial charge on any atom is 0.247 e. The Labute approximate surface area is 243 Å². The van der Waals surface area contributed by atoms with Gasteiger partial charge in [-0.25, -0.2) is 0 Å². The number of thioether (sulfide) groups is 1. The van der Waals surface area contributed by atoms with E-state index in [0.717, 1.165) is 58.2 Å². The first kappa shape index (κ1) is 31.1. The number of aliphatic hydroxyl groups excluding tert-OH is 1. The summed E-state index contributed by atoms with van der Waals surface area (Å²) in [5.41, 5.74) is 0. The van der Waals surface area contributed by atoms with Crippen LogP contribution in [0.5, 0.6) is 0 Å². The molecule has 0 radical (unpaired) electrons. The molecule has 9 nitrogen and oxygen atoms in total. The van der Waals surface area contributed by atoms with E-state index in [1.165, 1.54) is 0 Å². The van der Waals surface area contributed by atoms with Crippen LogP contribution in [0.4, 0.5) is 0 Å². The predicted octanol–water partition coefficient (Wildman–Crippen LogP) is 2.01. The minimum Gasteiger partial charge on any atom is -0.396 e. The molecular formula is C30H48N4O5S. The minimum absolute atomic E-state index is 0.0244. The van der Waals surface area contributed by atoms with Gasteiger partial charge >= 0.3 is 0 Å². The average molecular weight is 577 g/mol. The number of hydrogen-bond donors (Lipinski definition) is 1. The summed E-state index contributed by atoms with van der Waals surface area (Å²) >= 11 is 1.73. The number of aliphatic hydroxyl groups is 1. The number of nitrogens with zero attached hydrogens (tertiary/aromatic N) is 4. The van der Waals surface area contributed by atoms with Gasteiger partial charge in [-0.05, 0) is 32.6 Å². The fraction of sp³-hybridized carbons (Fsp3) is 0.767. The molecule has 4 saturated heterocycles. The molecule has 5 atom stereocenters. The number of amides is 3. The number of ether oxygens (including phenoxy) is 1. The number of carbonyl (C=O) groups excluding carboxylic acids is 3. The van der Waals surface area contributed by atoms with Gasteiger partial charge in [0.15, 0.2) is 0 Å². The van der Waals surface area contributed by atoms with Crippen LogP contribution in [0.1, 0.15) is 45.4 Å². The summed E-state index contributed by atoms with van der Waals surface area (Å²) in [6.45, 7) is 15.7. The van der Waals surface area contributed by atoms with Gasteiger partial charge in [-0.2, -0.15) is 0 Å². The average Bonchev–Trinajstić information content (AvgIpc) is 3.51. The van der Waals surface area contributed by atoms with Gasteiger partial charge in [0.25, 0.3) is 0 Å². The lowest BCUT2D eigenvalue weighted by Gasteiger charge is -2.38. The summed E-state index contributed by atoms with van der Waals surface area (Å²) < 4.78 is 4.50. The van der Waals surface area contributed by atoms with E-state index in [1.807, 2.05) is 9.80 Å². The van der Waals surface area contributed by atoms with Crippen LogP contribution in [0.15, 0.2) is 25.3 Å². The molecule has 4 rings (SSSR count). The number of likely N-dealkylation sites (tertiary alicyclic amines) is 1. The summed E-state index contributed by atoms with van der Waals surface area (Å²) in [5, 5.41) is 9.18. The van der Waals surface area contributed by atoms with E-state index < -0.39 is 22.6 Å². The van der Waals surface area contributed by atoms with Crippen LogP contribution in [0.2, 0.25) is 0 Å². The summed E-state index contributed by atoms with van der Waals surface area (Å²) in [7, 11) is 1.77. The molecule has 2 unspecified atom stereocenters. The fourth-order valence-corrected chi connectivity index (χ4v) is 9.64. The molecule has 0 aromatic heterocycles. The summed E-state index contributed by atoms with van der Waals surface area (Å²) in [6, 6.07) is -0.596. The third-order valence-electron chi connectivity index (χ3n) is 9.31. The van der Waals surface area contributed by atoms with Gasteiger partial charge in [0, 0.05) is 64.2 Å². The van der Waals surface area contributed by atoms with Gasteiger partial charge in [-0.15, -0.1) is 24.9 Å². The van der Waals surface area contributed by atoms with Crippen LogP contribution in [0, 0.1) is 11.8 Å². The fourth-order valence-electron chi connectivity index (χ4n) is 7.30. The quantitative estimate of drug-likeness (QED) is 0.236. The zero-order valence-electron chi connectivity index (χ0n) is 24.4. The van der Waals surface area contributed by atoms with Crippen molar-refractivity contribution in [3.63, 3.8) is 0 Å². The van der Waals surface area contributed by atoms with Gasteiger partial charge < -0.3 is 24.5 Å². The molecule has 4 aliphatic rings. The van der Waals surface area contributed by atoms with Crippen molar-refractivity contribution >= 4 is 29.5 Å². The van der Waals surface area contributed by atoms with Crippen molar-refractivity contribution in [1.82, 2.24) is 19.6 Å². The van der Waals surface area contributed by atoms with E-state index in [-0.39, 0.29) is 29.1 Å². The Morgan fingerprint density at radius 2 is 1.77 bits per heavy atom. The van der Waals surface area contributed by atoms with E-state index >= 15 is 0 Å². The Morgan fingerprint density at radius 1 is 1.07 bits per heavy atom. The Bertz CT molecular complexity index is 958. The number of carbonyl (C=O) groups is 3. The molecule has 0 aromatic rings. The first-order chi connectivity index (χ1) is 19.2. The second kappa shape index (κ2) is 13.4. The first-order valence-corrected chi connectivity index (χ1v) is 15.7.